The Balaban J connectivity index is 2.11. The molecule has 0 aliphatic heterocycles. The van der Waals surface area contributed by atoms with Crippen LogP contribution >= 0.6 is 11.6 Å². The molecule has 0 unspecified atom stereocenters. The first-order valence-electron chi connectivity index (χ1n) is 5.47. The summed E-state index contributed by atoms with van der Waals surface area (Å²) in [4.78, 5) is 10.8. The molecule has 0 fully saturated rings. The van der Waals surface area contributed by atoms with Gasteiger partial charge in [0.2, 0.25) is 0 Å². The molecule has 0 heterocycles. The maximum absolute atomic E-state index is 13.4. The van der Waals surface area contributed by atoms with Crippen molar-refractivity contribution in [2.75, 3.05) is 0 Å². The summed E-state index contributed by atoms with van der Waals surface area (Å²) >= 11 is 5.80. The van der Waals surface area contributed by atoms with Gasteiger partial charge in [-0.3, -0.25) is 0 Å². The quantitative estimate of drug-likeness (QED) is 0.927. The maximum atomic E-state index is 13.4. The molecule has 0 bridgehead atoms. The van der Waals surface area contributed by atoms with Crippen molar-refractivity contribution in [1.82, 2.24) is 0 Å². The van der Waals surface area contributed by atoms with E-state index in [0.29, 0.717) is 11.3 Å². The van der Waals surface area contributed by atoms with Gasteiger partial charge in [0.1, 0.15) is 18.2 Å². The molecule has 2 aromatic rings. The predicted octanol–water partition coefficient (Wildman–Crippen LogP) is 3.76. The smallest absolute Gasteiger partial charge is 0.337 e. The van der Waals surface area contributed by atoms with Crippen LogP contribution in [0.3, 0.4) is 0 Å². The van der Waals surface area contributed by atoms with Gasteiger partial charge in [-0.2, -0.15) is 0 Å². The average Bonchev–Trinajstić information content (AvgIpc) is 2.37. The van der Waals surface area contributed by atoms with E-state index in [9.17, 15) is 9.18 Å². The van der Waals surface area contributed by atoms with E-state index in [4.69, 9.17) is 21.4 Å². The zero-order valence-electron chi connectivity index (χ0n) is 9.77. The van der Waals surface area contributed by atoms with Gasteiger partial charge in [0.15, 0.2) is 0 Å². The summed E-state index contributed by atoms with van der Waals surface area (Å²) in [6, 6.07) is 10.5. The standard InChI is InChI=1S/C14H10ClFO3/c15-12-7-10(5-6-11(12)14(17)18)19-8-9-3-1-2-4-13(9)16/h1-7H,8H2,(H,17,18). The molecule has 1 N–H and O–H groups in total. The van der Waals surface area contributed by atoms with E-state index in [-0.39, 0.29) is 23.0 Å². The molecular weight excluding hydrogens is 271 g/mol. The lowest BCUT2D eigenvalue weighted by atomic mass is 10.2. The summed E-state index contributed by atoms with van der Waals surface area (Å²) < 4.78 is 18.7. The molecule has 0 aliphatic rings. The molecule has 0 aromatic heterocycles. The minimum atomic E-state index is -1.11. The van der Waals surface area contributed by atoms with Gasteiger partial charge < -0.3 is 9.84 Å². The van der Waals surface area contributed by atoms with Crippen LogP contribution in [0, 0.1) is 5.82 Å². The number of halogens is 2. The van der Waals surface area contributed by atoms with Crippen LogP contribution < -0.4 is 4.74 Å². The lowest BCUT2D eigenvalue weighted by molar-refractivity contribution is 0.0697. The molecule has 3 nitrogen and oxygen atoms in total. The summed E-state index contributed by atoms with van der Waals surface area (Å²) in [5, 5.41) is 8.91. The lowest BCUT2D eigenvalue weighted by Gasteiger charge is -2.08. The van der Waals surface area contributed by atoms with Crippen molar-refractivity contribution in [2.24, 2.45) is 0 Å². The zero-order valence-corrected chi connectivity index (χ0v) is 10.5. The summed E-state index contributed by atoms with van der Waals surface area (Å²) in [6.07, 6.45) is 0. The fourth-order valence-electron chi connectivity index (χ4n) is 1.54. The number of carboxylic acid groups (broad SMARTS) is 1. The van der Waals surface area contributed by atoms with E-state index in [2.05, 4.69) is 0 Å². The van der Waals surface area contributed by atoms with Crippen LogP contribution in [-0.2, 0) is 6.61 Å². The fraction of sp³-hybridized carbons (Fsp3) is 0.0714. The van der Waals surface area contributed by atoms with Crippen LogP contribution in [0.1, 0.15) is 15.9 Å². The molecule has 5 heteroatoms. The summed E-state index contributed by atoms with van der Waals surface area (Å²) in [5.74, 6) is -1.07. The van der Waals surface area contributed by atoms with E-state index < -0.39 is 5.97 Å². The molecule has 0 amide bonds. The monoisotopic (exact) mass is 280 g/mol. The predicted molar refractivity (Wildman–Crippen MR) is 69.1 cm³/mol. The van der Waals surface area contributed by atoms with Gasteiger partial charge in [-0.1, -0.05) is 29.8 Å². The zero-order chi connectivity index (χ0) is 13.8. The molecule has 0 atom stereocenters. The van der Waals surface area contributed by atoms with Crippen molar-refractivity contribution in [2.45, 2.75) is 6.61 Å². The molecule has 2 aromatic carbocycles. The van der Waals surface area contributed by atoms with Crippen molar-refractivity contribution in [3.05, 3.63) is 64.4 Å². The van der Waals surface area contributed by atoms with E-state index in [1.165, 1.54) is 24.3 Å². The molecular formula is C14H10ClFO3. The average molecular weight is 281 g/mol. The van der Waals surface area contributed by atoms with Crippen LogP contribution in [0.2, 0.25) is 5.02 Å². The third-order valence-electron chi connectivity index (χ3n) is 2.52. The number of aromatic carboxylic acids is 1. The number of hydrogen-bond acceptors (Lipinski definition) is 2. The number of hydrogen-bond donors (Lipinski definition) is 1. The number of benzene rings is 2. The Morgan fingerprint density at radius 3 is 2.63 bits per heavy atom. The van der Waals surface area contributed by atoms with Crippen LogP contribution in [0.4, 0.5) is 4.39 Å². The van der Waals surface area contributed by atoms with Crippen LogP contribution in [0.25, 0.3) is 0 Å². The van der Waals surface area contributed by atoms with Gasteiger partial charge >= 0.3 is 5.97 Å². The minimum Gasteiger partial charge on any atom is -0.489 e. The van der Waals surface area contributed by atoms with Crippen molar-refractivity contribution < 1.29 is 19.0 Å². The molecule has 98 valence electrons. The lowest BCUT2D eigenvalue weighted by Crippen LogP contribution is -2.00. The van der Waals surface area contributed by atoms with Crippen LogP contribution in [0.5, 0.6) is 5.75 Å². The Morgan fingerprint density at radius 2 is 2.00 bits per heavy atom. The Hall–Kier alpha value is -2.07. The minimum absolute atomic E-state index is 0.0000849. The van der Waals surface area contributed by atoms with Crippen molar-refractivity contribution >= 4 is 17.6 Å². The topological polar surface area (TPSA) is 46.5 Å². The first-order chi connectivity index (χ1) is 9.08. The van der Waals surface area contributed by atoms with Gasteiger partial charge in [0, 0.05) is 5.56 Å². The molecule has 19 heavy (non-hydrogen) atoms. The van der Waals surface area contributed by atoms with Gasteiger partial charge in [-0.05, 0) is 24.3 Å². The highest BCUT2D eigenvalue weighted by molar-refractivity contribution is 6.33. The second-order valence-corrected chi connectivity index (χ2v) is 4.23. The number of carboxylic acids is 1. The summed E-state index contributed by atoms with van der Waals surface area (Å²) in [5.41, 5.74) is 0.417. The fourth-order valence-corrected chi connectivity index (χ4v) is 1.79. The van der Waals surface area contributed by atoms with Gasteiger partial charge in [-0.15, -0.1) is 0 Å². The first-order valence-corrected chi connectivity index (χ1v) is 5.85. The van der Waals surface area contributed by atoms with E-state index in [1.54, 1.807) is 18.2 Å². The van der Waals surface area contributed by atoms with Gasteiger partial charge in [0.25, 0.3) is 0 Å². The Kier molecular flexibility index (Phi) is 4.02. The van der Waals surface area contributed by atoms with Crippen LogP contribution in [0.15, 0.2) is 42.5 Å². The molecule has 0 spiro atoms. The molecule has 0 saturated carbocycles. The Labute approximate surface area is 114 Å². The second-order valence-electron chi connectivity index (χ2n) is 3.83. The molecule has 0 aliphatic carbocycles. The highest BCUT2D eigenvalue weighted by Crippen LogP contribution is 2.23. The molecule has 0 radical (unpaired) electrons. The SMILES string of the molecule is O=C(O)c1ccc(OCc2ccccc2F)cc1Cl. The highest BCUT2D eigenvalue weighted by atomic mass is 35.5. The Bertz CT molecular complexity index is 613. The number of carbonyl (C=O) groups is 1. The van der Waals surface area contributed by atoms with Crippen molar-refractivity contribution in [3.8, 4) is 5.75 Å². The van der Waals surface area contributed by atoms with E-state index >= 15 is 0 Å². The summed E-state index contributed by atoms with van der Waals surface area (Å²) in [7, 11) is 0. The molecule has 0 saturated heterocycles. The van der Waals surface area contributed by atoms with Crippen LogP contribution in [-0.4, -0.2) is 11.1 Å². The number of rotatable bonds is 4. The summed E-state index contributed by atoms with van der Waals surface area (Å²) in [6.45, 7) is 0.0510. The highest BCUT2D eigenvalue weighted by Gasteiger charge is 2.09. The van der Waals surface area contributed by atoms with Gasteiger partial charge in [-0.25, -0.2) is 9.18 Å². The largest absolute Gasteiger partial charge is 0.489 e. The van der Waals surface area contributed by atoms with E-state index in [0.717, 1.165) is 0 Å². The Morgan fingerprint density at radius 1 is 1.26 bits per heavy atom. The normalized spacial score (nSPS) is 10.2. The third-order valence-corrected chi connectivity index (χ3v) is 2.84. The van der Waals surface area contributed by atoms with E-state index in [1.807, 2.05) is 0 Å². The molecule has 2 rings (SSSR count). The first kappa shape index (κ1) is 13.4. The van der Waals surface area contributed by atoms with Crippen molar-refractivity contribution in [3.63, 3.8) is 0 Å². The number of ether oxygens (including phenoxy) is 1. The van der Waals surface area contributed by atoms with Gasteiger partial charge in [0.05, 0.1) is 10.6 Å². The second kappa shape index (κ2) is 5.71. The third kappa shape index (κ3) is 3.23. The maximum Gasteiger partial charge on any atom is 0.337 e. The van der Waals surface area contributed by atoms with Crippen molar-refractivity contribution in [1.29, 1.82) is 0 Å².